The Kier molecular flexibility index (Phi) is 3.56. The molecule has 2 rings (SSSR count). The minimum Gasteiger partial charge on any atom is -0.468 e. The van der Waals surface area contributed by atoms with Crippen LogP contribution in [0.1, 0.15) is 39.0 Å². The van der Waals surface area contributed by atoms with Gasteiger partial charge in [-0.1, -0.05) is 12.5 Å². The van der Waals surface area contributed by atoms with Gasteiger partial charge in [-0.3, -0.25) is 9.59 Å². The number of hydrogen-bond donors (Lipinski definition) is 1. The molecule has 0 aromatic carbocycles. The minimum atomic E-state index is -1.12. The molecule has 0 spiro atoms. The number of aliphatic hydroxyl groups is 1. The molecule has 19 heavy (non-hydrogen) atoms. The largest absolute Gasteiger partial charge is 0.468 e. The summed E-state index contributed by atoms with van der Waals surface area (Å²) in [5, 5.41) is 10.7. The number of fused-ring (bicyclic) bond motifs is 2. The molecule has 0 unspecified atom stereocenters. The van der Waals surface area contributed by atoms with Gasteiger partial charge in [-0.2, -0.15) is 0 Å². The first-order valence-electron chi connectivity index (χ1n) is 6.85. The van der Waals surface area contributed by atoms with Crippen LogP contribution in [0.25, 0.3) is 0 Å². The lowest BCUT2D eigenvalue weighted by Crippen LogP contribution is -2.61. The van der Waals surface area contributed by atoms with Crippen molar-refractivity contribution in [3.8, 4) is 0 Å². The zero-order valence-corrected chi connectivity index (χ0v) is 11.6. The summed E-state index contributed by atoms with van der Waals surface area (Å²) < 4.78 is 4.85. The van der Waals surface area contributed by atoms with Crippen molar-refractivity contribution in [1.82, 2.24) is 0 Å². The normalized spacial score (nSPS) is 41.7. The molecule has 0 aromatic rings. The van der Waals surface area contributed by atoms with E-state index in [-0.39, 0.29) is 24.0 Å². The first-order valence-corrected chi connectivity index (χ1v) is 6.85. The maximum absolute atomic E-state index is 12.4. The first-order chi connectivity index (χ1) is 8.90. The molecule has 1 N–H and O–H groups in total. The van der Waals surface area contributed by atoms with Gasteiger partial charge in [-0.05, 0) is 38.0 Å². The van der Waals surface area contributed by atoms with E-state index in [4.69, 9.17) is 4.74 Å². The van der Waals surface area contributed by atoms with Crippen LogP contribution in [0.4, 0.5) is 0 Å². The predicted octanol–water partition coefficient (Wildman–Crippen LogP) is 1.86. The average molecular weight is 266 g/mol. The first kappa shape index (κ1) is 14.3. The summed E-state index contributed by atoms with van der Waals surface area (Å²) in [6.07, 6.45) is 4.69. The van der Waals surface area contributed by atoms with Gasteiger partial charge < -0.3 is 9.84 Å². The fourth-order valence-electron chi connectivity index (χ4n) is 4.01. The van der Waals surface area contributed by atoms with Crippen LogP contribution in [-0.2, 0) is 14.3 Å². The molecular weight excluding hydrogens is 244 g/mol. The van der Waals surface area contributed by atoms with E-state index in [1.54, 1.807) is 13.0 Å². The number of rotatable bonds is 3. The molecule has 0 aliphatic heterocycles. The molecule has 106 valence electrons. The molecule has 4 nitrogen and oxygen atoms in total. The number of Topliss-reactive ketones (excluding diaryl/α,β-unsaturated/α-hetero) is 1. The summed E-state index contributed by atoms with van der Waals surface area (Å²) in [5.74, 6) is -0.897. The molecule has 4 atom stereocenters. The second kappa shape index (κ2) is 4.75. The molecule has 4 heteroatoms. The highest BCUT2D eigenvalue weighted by atomic mass is 16.5. The molecular formula is C15H22O4. The van der Waals surface area contributed by atoms with E-state index in [2.05, 4.69) is 6.58 Å². The van der Waals surface area contributed by atoms with Gasteiger partial charge in [-0.25, -0.2) is 0 Å². The van der Waals surface area contributed by atoms with Crippen molar-refractivity contribution in [2.75, 3.05) is 7.11 Å². The van der Waals surface area contributed by atoms with Crippen LogP contribution in [0.5, 0.6) is 0 Å². The summed E-state index contributed by atoms with van der Waals surface area (Å²) in [7, 11) is 1.31. The molecule has 0 saturated heterocycles. The lowest BCUT2D eigenvalue weighted by molar-refractivity contribution is -0.186. The topological polar surface area (TPSA) is 63.6 Å². The number of ketones is 1. The Balaban J connectivity index is 2.45. The zero-order valence-electron chi connectivity index (χ0n) is 11.6. The summed E-state index contributed by atoms with van der Waals surface area (Å²) in [6, 6.07) is 0. The van der Waals surface area contributed by atoms with E-state index in [0.717, 1.165) is 12.8 Å². The van der Waals surface area contributed by atoms with Gasteiger partial charge in [-0.15, -0.1) is 6.58 Å². The number of allylic oxidation sites excluding steroid dienone is 1. The van der Waals surface area contributed by atoms with Crippen molar-refractivity contribution in [3.63, 3.8) is 0 Å². The van der Waals surface area contributed by atoms with Crippen molar-refractivity contribution in [2.24, 2.45) is 17.3 Å². The standard InChI is InChI=1S/C15H22O4/c1-4-6-11-10-7-5-8-15(11,18)9-12(16)14(10,2)13(17)19-3/h4,10-11,18H,1,5-9H2,2-3H3/t10-,11-,14-,15+/m1/s1. The van der Waals surface area contributed by atoms with Gasteiger partial charge in [0.15, 0.2) is 5.78 Å². The second-order valence-corrected chi connectivity index (χ2v) is 6.03. The summed E-state index contributed by atoms with van der Waals surface area (Å²) in [4.78, 5) is 24.5. The monoisotopic (exact) mass is 266 g/mol. The Morgan fingerprint density at radius 3 is 2.89 bits per heavy atom. The highest BCUT2D eigenvalue weighted by molar-refractivity contribution is 6.05. The van der Waals surface area contributed by atoms with Crippen LogP contribution in [-0.4, -0.2) is 29.6 Å². The fourth-order valence-corrected chi connectivity index (χ4v) is 4.01. The highest BCUT2D eigenvalue weighted by Crippen LogP contribution is 2.55. The third kappa shape index (κ3) is 1.93. The molecule has 2 aliphatic rings. The van der Waals surface area contributed by atoms with E-state index in [1.165, 1.54) is 7.11 Å². The second-order valence-electron chi connectivity index (χ2n) is 6.03. The predicted molar refractivity (Wildman–Crippen MR) is 70.3 cm³/mol. The molecule has 0 aromatic heterocycles. The van der Waals surface area contributed by atoms with Crippen molar-refractivity contribution < 1.29 is 19.4 Å². The molecule has 2 bridgehead atoms. The van der Waals surface area contributed by atoms with Gasteiger partial charge in [0.25, 0.3) is 0 Å². The summed E-state index contributed by atoms with van der Waals surface area (Å²) >= 11 is 0. The molecule has 2 aliphatic carbocycles. The summed E-state index contributed by atoms with van der Waals surface area (Å²) in [6.45, 7) is 5.41. The maximum Gasteiger partial charge on any atom is 0.319 e. The Bertz CT molecular complexity index is 416. The highest BCUT2D eigenvalue weighted by Gasteiger charge is 2.62. The molecule has 2 saturated carbocycles. The van der Waals surface area contributed by atoms with Gasteiger partial charge in [0, 0.05) is 6.42 Å². The Morgan fingerprint density at radius 2 is 2.32 bits per heavy atom. The van der Waals surface area contributed by atoms with Crippen LogP contribution in [0.15, 0.2) is 12.7 Å². The Labute approximate surface area is 113 Å². The van der Waals surface area contributed by atoms with E-state index >= 15 is 0 Å². The lowest BCUT2D eigenvalue weighted by Gasteiger charge is -2.54. The van der Waals surface area contributed by atoms with Crippen molar-refractivity contribution in [3.05, 3.63) is 12.7 Å². The van der Waals surface area contributed by atoms with Gasteiger partial charge in [0.05, 0.1) is 12.7 Å². The van der Waals surface area contributed by atoms with E-state index < -0.39 is 17.0 Å². The Morgan fingerprint density at radius 1 is 1.63 bits per heavy atom. The van der Waals surface area contributed by atoms with Crippen LogP contribution in [0.3, 0.4) is 0 Å². The number of methoxy groups -OCH3 is 1. The van der Waals surface area contributed by atoms with Crippen molar-refractivity contribution in [1.29, 1.82) is 0 Å². The lowest BCUT2D eigenvalue weighted by atomic mass is 9.51. The average Bonchev–Trinajstić information content (AvgIpc) is 2.37. The van der Waals surface area contributed by atoms with Gasteiger partial charge >= 0.3 is 5.97 Å². The van der Waals surface area contributed by atoms with Crippen molar-refractivity contribution in [2.45, 2.75) is 44.6 Å². The van der Waals surface area contributed by atoms with Crippen LogP contribution < -0.4 is 0 Å². The van der Waals surface area contributed by atoms with Crippen LogP contribution in [0.2, 0.25) is 0 Å². The zero-order chi connectivity index (χ0) is 14.3. The minimum absolute atomic E-state index is 0.0492. The quantitative estimate of drug-likeness (QED) is 0.481. The van der Waals surface area contributed by atoms with Crippen molar-refractivity contribution >= 4 is 11.8 Å². The third-order valence-electron chi connectivity index (χ3n) is 5.12. The fraction of sp³-hybridized carbons (Fsp3) is 0.733. The van der Waals surface area contributed by atoms with Gasteiger partial charge in [0.1, 0.15) is 5.41 Å². The smallest absolute Gasteiger partial charge is 0.319 e. The number of ether oxygens (including phenoxy) is 1. The number of carbonyl (C=O) groups excluding carboxylic acids is 2. The van der Waals surface area contributed by atoms with Crippen LogP contribution >= 0.6 is 0 Å². The Hall–Kier alpha value is -1.16. The molecule has 0 amide bonds. The van der Waals surface area contributed by atoms with E-state index in [9.17, 15) is 14.7 Å². The van der Waals surface area contributed by atoms with Gasteiger partial charge in [0.2, 0.25) is 0 Å². The molecule has 0 heterocycles. The summed E-state index contributed by atoms with van der Waals surface area (Å²) in [5.41, 5.74) is -2.09. The van der Waals surface area contributed by atoms with E-state index in [0.29, 0.717) is 12.8 Å². The number of carbonyl (C=O) groups is 2. The SMILES string of the molecule is C=CC[C@@H]1[C@H]2CCC[C@]1(O)CC(=O)[C@]2(C)C(=O)OC. The number of esters is 1. The third-order valence-corrected chi connectivity index (χ3v) is 5.12. The number of hydrogen-bond acceptors (Lipinski definition) is 4. The molecule has 0 radical (unpaired) electrons. The van der Waals surface area contributed by atoms with E-state index in [1.807, 2.05) is 0 Å². The molecule has 2 fully saturated rings. The maximum atomic E-state index is 12.4. The van der Waals surface area contributed by atoms with Crippen LogP contribution in [0, 0.1) is 17.3 Å².